The summed E-state index contributed by atoms with van der Waals surface area (Å²) >= 11 is 0. The summed E-state index contributed by atoms with van der Waals surface area (Å²) in [5.74, 6) is -0.649. The lowest BCUT2D eigenvalue weighted by atomic mass is 10.1. The van der Waals surface area contributed by atoms with Crippen molar-refractivity contribution >= 4 is 21.9 Å². The van der Waals surface area contributed by atoms with Crippen LogP contribution in [0.4, 0.5) is 0 Å². The molecule has 0 radical (unpaired) electrons. The van der Waals surface area contributed by atoms with Crippen molar-refractivity contribution in [3.63, 3.8) is 0 Å². The Balaban J connectivity index is 2.04. The van der Waals surface area contributed by atoms with Crippen LogP contribution >= 0.6 is 0 Å². The Bertz CT molecular complexity index is 937. The Morgan fingerprint density at radius 2 is 1.71 bits per heavy atom. The van der Waals surface area contributed by atoms with Crippen LogP contribution in [0.1, 0.15) is 40.1 Å². The van der Waals surface area contributed by atoms with Crippen molar-refractivity contribution in [1.29, 1.82) is 0 Å². The fraction of sp³-hybridized carbons (Fsp3) is 0.300. The minimum atomic E-state index is -3.67. The fourth-order valence-electron chi connectivity index (χ4n) is 2.33. The van der Waals surface area contributed by atoms with Gasteiger partial charge < -0.3 is 10.1 Å². The first-order valence-electron chi connectivity index (χ1n) is 8.78. The van der Waals surface area contributed by atoms with Gasteiger partial charge in [0.2, 0.25) is 10.0 Å². The molecule has 0 saturated heterocycles. The highest BCUT2D eigenvalue weighted by Crippen LogP contribution is 2.12. The van der Waals surface area contributed by atoms with Crippen molar-refractivity contribution in [2.45, 2.75) is 25.3 Å². The standard InChI is InChI=1S/C20H24N2O5S/c1-14(2)12-22-28(25,26)18-6-4-5-17(11-18)19(23)21-13-15-7-9-16(10-8-15)20(24)27-3/h4-11,14,22H,12-13H2,1-3H3,(H,21,23). The summed E-state index contributed by atoms with van der Waals surface area (Å²) in [7, 11) is -2.36. The second-order valence-corrected chi connectivity index (χ2v) is 8.41. The van der Waals surface area contributed by atoms with Gasteiger partial charge in [0.05, 0.1) is 17.6 Å². The average molecular weight is 404 g/mol. The highest BCUT2D eigenvalue weighted by molar-refractivity contribution is 7.89. The van der Waals surface area contributed by atoms with E-state index in [0.29, 0.717) is 12.1 Å². The number of carbonyl (C=O) groups is 2. The smallest absolute Gasteiger partial charge is 0.337 e. The number of hydrogen-bond donors (Lipinski definition) is 2. The van der Waals surface area contributed by atoms with Gasteiger partial charge in [-0.3, -0.25) is 4.79 Å². The van der Waals surface area contributed by atoms with Crippen molar-refractivity contribution in [2.24, 2.45) is 5.92 Å². The molecule has 0 aromatic heterocycles. The largest absolute Gasteiger partial charge is 0.465 e. The summed E-state index contributed by atoms with van der Waals surface area (Å²) in [5.41, 5.74) is 1.46. The molecule has 0 bridgehead atoms. The van der Waals surface area contributed by atoms with Crippen LogP contribution in [-0.2, 0) is 21.3 Å². The Morgan fingerprint density at radius 3 is 2.32 bits per heavy atom. The Labute approximate surface area is 165 Å². The molecule has 2 aromatic rings. The van der Waals surface area contributed by atoms with Crippen LogP contribution in [0.25, 0.3) is 0 Å². The lowest BCUT2D eigenvalue weighted by molar-refractivity contribution is 0.0600. The third-order valence-corrected chi connectivity index (χ3v) is 5.34. The van der Waals surface area contributed by atoms with Gasteiger partial charge >= 0.3 is 5.97 Å². The normalized spacial score (nSPS) is 11.3. The molecule has 0 aliphatic rings. The molecule has 0 atom stereocenters. The van der Waals surface area contributed by atoms with Crippen LogP contribution in [-0.4, -0.2) is 33.9 Å². The number of sulfonamides is 1. The molecule has 0 fully saturated rings. The van der Waals surface area contributed by atoms with E-state index in [1.54, 1.807) is 30.3 Å². The zero-order chi connectivity index (χ0) is 20.7. The van der Waals surface area contributed by atoms with Crippen molar-refractivity contribution < 1.29 is 22.7 Å². The van der Waals surface area contributed by atoms with Gasteiger partial charge in [-0.2, -0.15) is 0 Å². The summed E-state index contributed by atoms with van der Waals surface area (Å²) in [4.78, 5) is 23.9. The predicted octanol–water partition coefficient (Wildman–Crippen LogP) is 2.34. The van der Waals surface area contributed by atoms with Crippen LogP contribution in [0, 0.1) is 5.92 Å². The van der Waals surface area contributed by atoms with Gasteiger partial charge in [0.15, 0.2) is 0 Å². The number of hydrogen-bond acceptors (Lipinski definition) is 5. The average Bonchev–Trinajstić information content (AvgIpc) is 2.70. The molecule has 8 heteroatoms. The Morgan fingerprint density at radius 1 is 1.04 bits per heavy atom. The monoisotopic (exact) mass is 404 g/mol. The van der Waals surface area contributed by atoms with Crippen molar-refractivity contribution in [1.82, 2.24) is 10.0 Å². The number of methoxy groups -OCH3 is 1. The van der Waals surface area contributed by atoms with Gasteiger partial charge in [-0.25, -0.2) is 17.9 Å². The maximum Gasteiger partial charge on any atom is 0.337 e. The van der Waals surface area contributed by atoms with Crippen LogP contribution in [0.5, 0.6) is 0 Å². The number of rotatable bonds is 8. The molecular weight excluding hydrogens is 380 g/mol. The minimum Gasteiger partial charge on any atom is -0.465 e. The molecule has 2 aromatic carbocycles. The van der Waals surface area contributed by atoms with E-state index in [-0.39, 0.29) is 22.9 Å². The number of amides is 1. The van der Waals surface area contributed by atoms with Crippen molar-refractivity contribution in [2.75, 3.05) is 13.7 Å². The number of nitrogens with one attached hydrogen (secondary N) is 2. The van der Waals surface area contributed by atoms with E-state index >= 15 is 0 Å². The second-order valence-electron chi connectivity index (χ2n) is 6.64. The first-order chi connectivity index (χ1) is 13.2. The van der Waals surface area contributed by atoms with Crippen molar-refractivity contribution in [3.05, 3.63) is 65.2 Å². The second kappa shape index (κ2) is 9.48. The Kier molecular flexibility index (Phi) is 7.31. The molecular formula is C20H24N2O5S. The first-order valence-corrected chi connectivity index (χ1v) is 10.3. The van der Waals surface area contributed by atoms with Gasteiger partial charge in [-0.15, -0.1) is 0 Å². The molecule has 2 rings (SSSR count). The maximum atomic E-state index is 12.4. The minimum absolute atomic E-state index is 0.0447. The maximum absolute atomic E-state index is 12.4. The summed E-state index contributed by atoms with van der Waals surface area (Å²) in [6.07, 6.45) is 0. The highest BCUT2D eigenvalue weighted by atomic mass is 32.2. The van der Waals surface area contributed by atoms with Gasteiger partial charge in [0.1, 0.15) is 0 Å². The SMILES string of the molecule is COC(=O)c1ccc(CNC(=O)c2cccc(S(=O)(=O)NCC(C)C)c2)cc1. The van der Waals surface area contributed by atoms with Crippen molar-refractivity contribution in [3.8, 4) is 0 Å². The van der Waals surface area contributed by atoms with Crippen LogP contribution in [0.2, 0.25) is 0 Å². The van der Waals surface area contributed by atoms with E-state index in [9.17, 15) is 18.0 Å². The molecule has 0 heterocycles. The summed E-state index contributed by atoms with van der Waals surface area (Å²) in [6.45, 7) is 4.37. The lowest BCUT2D eigenvalue weighted by Gasteiger charge is -2.10. The number of esters is 1. The van der Waals surface area contributed by atoms with E-state index < -0.39 is 21.9 Å². The highest BCUT2D eigenvalue weighted by Gasteiger charge is 2.16. The molecule has 0 spiro atoms. The summed E-state index contributed by atoms with van der Waals surface area (Å²) in [5, 5.41) is 2.74. The Hall–Kier alpha value is -2.71. The zero-order valence-corrected chi connectivity index (χ0v) is 16.9. The van der Waals surface area contributed by atoms with E-state index in [4.69, 9.17) is 0 Å². The van der Waals surface area contributed by atoms with E-state index in [0.717, 1.165) is 5.56 Å². The predicted molar refractivity (Wildman–Crippen MR) is 105 cm³/mol. The van der Waals surface area contributed by atoms with Gasteiger partial charge in [0, 0.05) is 18.7 Å². The molecule has 150 valence electrons. The molecule has 0 unspecified atom stereocenters. The van der Waals surface area contributed by atoms with E-state index in [1.807, 2.05) is 13.8 Å². The van der Waals surface area contributed by atoms with Crippen LogP contribution < -0.4 is 10.0 Å². The van der Waals surface area contributed by atoms with Gasteiger partial charge in [0.25, 0.3) is 5.91 Å². The molecule has 0 saturated carbocycles. The summed E-state index contributed by atoms with van der Waals surface area (Å²) < 4.78 is 31.8. The topological polar surface area (TPSA) is 102 Å². The quantitative estimate of drug-likeness (QED) is 0.658. The molecule has 2 N–H and O–H groups in total. The van der Waals surface area contributed by atoms with Gasteiger partial charge in [-0.1, -0.05) is 32.0 Å². The number of carbonyl (C=O) groups excluding carboxylic acids is 2. The molecule has 0 aliphatic heterocycles. The van der Waals surface area contributed by atoms with Crippen LogP contribution in [0.3, 0.4) is 0 Å². The van der Waals surface area contributed by atoms with E-state index in [2.05, 4.69) is 14.8 Å². The van der Waals surface area contributed by atoms with E-state index in [1.165, 1.54) is 25.3 Å². The molecule has 7 nitrogen and oxygen atoms in total. The zero-order valence-electron chi connectivity index (χ0n) is 16.1. The number of benzene rings is 2. The molecule has 1 amide bonds. The molecule has 28 heavy (non-hydrogen) atoms. The molecule has 0 aliphatic carbocycles. The first kappa shape index (κ1) is 21.6. The van der Waals surface area contributed by atoms with Crippen LogP contribution in [0.15, 0.2) is 53.4 Å². The fourth-order valence-corrected chi connectivity index (χ4v) is 3.58. The van der Waals surface area contributed by atoms with Gasteiger partial charge in [-0.05, 0) is 41.8 Å². The third kappa shape index (κ3) is 5.90. The lowest BCUT2D eigenvalue weighted by Crippen LogP contribution is -2.28. The number of ether oxygens (including phenoxy) is 1. The third-order valence-electron chi connectivity index (χ3n) is 3.92. The summed E-state index contributed by atoms with van der Waals surface area (Å²) in [6, 6.07) is 12.5.